The molecule has 6 heteroatoms. The van der Waals surface area contributed by atoms with Gasteiger partial charge in [-0.15, -0.1) is 12.4 Å². The average Bonchev–Trinajstić information content (AvgIpc) is 2.63. The molecule has 0 saturated heterocycles. The summed E-state index contributed by atoms with van der Waals surface area (Å²) in [6.07, 6.45) is 0. The van der Waals surface area contributed by atoms with Gasteiger partial charge in [-0.3, -0.25) is 9.59 Å². The second-order valence-corrected chi connectivity index (χ2v) is 7.38. The first-order valence-corrected chi connectivity index (χ1v) is 8.66. The van der Waals surface area contributed by atoms with Gasteiger partial charge in [-0.25, -0.2) is 0 Å². The Bertz CT molecular complexity index is 791. The Morgan fingerprint density at radius 2 is 1.70 bits per heavy atom. The Labute approximate surface area is 167 Å². The van der Waals surface area contributed by atoms with Crippen LogP contribution in [0.25, 0.3) is 0 Å². The molecule has 2 aromatic rings. The van der Waals surface area contributed by atoms with Crippen molar-refractivity contribution in [3.05, 3.63) is 65.2 Å². The highest BCUT2D eigenvalue weighted by Gasteiger charge is 2.22. The molecule has 0 spiro atoms. The molecule has 2 aromatic carbocycles. The number of nitrogens with one attached hydrogen (secondary N) is 1. The van der Waals surface area contributed by atoms with Crippen molar-refractivity contribution in [2.45, 2.75) is 20.8 Å². The molecule has 5 nitrogen and oxygen atoms in total. The molecule has 0 aromatic heterocycles. The van der Waals surface area contributed by atoms with Crippen LogP contribution in [-0.2, 0) is 0 Å². The van der Waals surface area contributed by atoms with Crippen LogP contribution in [0.4, 0.5) is 5.69 Å². The predicted molar refractivity (Wildman–Crippen MR) is 113 cm³/mol. The number of halogens is 1. The highest BCUT2D eigenvalue weighted by atomic mass is 35.5. The number of amides is 2. The third-order valence-electron chi connectivity index (χ3n) is 4.33. The maximum absolute atomic E-state index is 12.7. The lowest BCUT2D eigenvalue weighted by Gasteiger charge is -2.29. The minimum Gasteiger partial charge on any atom is -0.341 e. The molecule has 0 fully saturated rings. The van der Waals surface area contributed by atoms with Crippen molar-refractivity contribution >= 4 is 29.9 Å². The summed E-state index contributed by atoms with van der Waals surface area (Å²) in [7, 11) is 1.77. The van der Waals surface area contributed by atoms with Crippen molar-refractivity contribution in [2.75, 3.05) is 25.5 Å². The van der Waals surface area contributed by atoms with Crippen molar-refractivity contribution in [3.8, 4) is 0 Å². The largest absolute Gasteiger partial charge is 0.341 e. The summed E-state index contributed by atoms with van der Waals surface area (Å²) in [6, 6.07) is 14.3. The molecule has 0 atom stereocenters. The van der Waals surface area contributed by atoms with Gasteiger partial charge in [0.05, 0.1) is 0 Å². The molecule has 0 heterocycles. The number of nitrogens with two attached hydrogens (primary N) is 1. The molecule has 0 aliphatic rings. The van der Waals surface area contributed by atoms with Gasteiger partial charge in [-0.05, 0) is 48.7 Å². The number of nitrogens with zero attached hydrogens (tertiary/aromatic N) is 1. The topological polar surface area (TPSA) is 75.4 Å². The van der Waals surface area contributed by atoms with Crippen LogP contribution in [0.5, 0.6) is 0 Å². The van der Waals surface area contributed by atoms with Gasteiger partial charge in [0.1, 0.15) is 0 Å². The Kier molecular flexibility index (Phi) is 8.00. The van der Waals surface area contributed by atoms with Crippen LogP contribution in [-0.4, -0.2) is 36.9 Å². The van der Waals surface area contributed by atoms with Crippen LogP contribution in [0.1, 0.15) is 40.1 Å². The minimum atomic E-state index is -0.198. The highest BCUT2D eigenvalue weighted by molar-refractivity contribution is 6.05. The molecule has 0 aliphatic heterocycles. The third-order valence-corrected chi connectivity index (χ3v) is 4.33. The van der Waals surface area contributed by atoms with Crippen LogP contribution >= 0.6 is 12.4 Å². The summed E-state index contributed by atoms with van der Waals surface area (Å²) < 4.78 is 0. The number of carbonyl (C=O) groups is 2. The summed E-state index contributed by atoms with van der Waals surface area (Å²) in [6.45, 7) is 7.00. The van der Waals surface area contributed by atoms with E-state index in [0.717, 1.165) is 5.56 Å². The third kappa shape index (κ3) is 6.08. The lowest BCUT2D eigenvalue weighted by Crippen LogP contribution is -2.39. The molecule has 146 valence electrons. The molecular weight excluding hydrogens is 362 g/mol. The van der Waals surface area contributed by atoms with E-state index in [2.05, 4.69) is 5.32 Å². The summed E-state index contributed by atoms with van der Waals surface area (Å²) >= 11 is 0. The molecule has 0 saturated carbocycles. The summed E-state index contributed by atoms with van der Waals surface area (Å²) in [4.78, 5) is 26.8. The SMILES string of the molecule is Cc1ccc(C(=O)N(C)CC(C)(C)CN)cc1NC(=O)c1ccccc1.Cl. The lowest BCUT2D eigenvalue weighted by molar-refractivity contribution is 0.0740. The monoisotopic (exact) mass is 389 g/mol. The fourth-order valence-corrected chi connectivity index (χ4v) is 2.67. The van der Waals surface area contributed by atoms with E-state index >= 15 is 0 Å². The number of aryl methyl sites for hydroxylation is 1. The van der Waals surface area contributed by atoms with Gasteiger partial charge in [-0.2, -0.15) is 0 Å². The molecule has 0 radical (unpaired) electrons. The second-order valence-electron chi connectivity index (χ2n) is 7.38. The minimum absolute atomic E-state index is 0. The first-order valence-electron chi connectivity index (χ1n) is 8.66. The van der Waals surface area contributed by atoms with Crippen molar-refractivity contribution in [1.82, 2.24) is 4.90 Å². The van der Waals surface area contributed by atoms with Crippen LogP contribution in [0.2, 0.25) is 0 Å². The van der Waals surface area contributed by atoms with Gasteiger partial charge in [-0.1, -0.05) is 38.1 Å². The fraction of sp³-hybridized carbons (Fsp3) is 0.333. The smallest absolute Gasteiger partial charge is 0.255 e. The Morgan fingerprint density at radius 3 is 2.30 bits per heavy atom. The lowest BCUT2D eigenvalue weighted by atomic mass is 9.93. The van der Waals surface area contributed by atoms with Gasteiger partial charge in [0.25, 0.3) is 11.8 Å². The predicted octanol–water partition coefficient (Wildman–Crippen LogP) is 3.73. The van der Waals surface area contributed by atoms with Crippen LogP contribution in [0.3, 0.4) is 0 Å². The Hall–Kier alpha value is -2.37. The average molecular weight is 390 g/mol. The second kappa shape index (κ2) is 9.53. The van der Waals surface area contributed by atoms with Crippen LogP contribution in [0.15, 0.2) is 48.5 Å². The maximum atomic E-state index is 12.7. The Morgan fingerprint density at radius 1 is 1.07 bits per heavy atom. The zero-order valence-electron chi connectivity index (χ0n) is 16.3. The number of hydrogen-bond acceptors (Lipinski definition) is 3. The number of rotatable bonds is 6. The first kappa shape index (κ1) is 22.7. The normalized spacial score (nSPS) is 10.7. The van der Waals surface area contributed by atoms with Gasteiger partial charge in [0.2, 0.25) is 0 Å². The van der Waals surface area contributed by atoms with E-state index in [1.54, 1.807) is 36.2 Å². The van der Waals surface area contributed by atoms with E-state index in [-0.39, 0.29) is 29.6 Å². The maximum Gasteiger partial charge on any atom is 0.255 e. The van der Waals surface area contributed by atoms with Crippen LogP contribution < -0.4 is 11.1 Å². The van der Waals surface area contributed by atoms with E-state index in [1.807, 2.05) is 45.0 Å². The van der Waals surface area contributed by atoms with Crippen molar-refractivity contribution in [3.63, 3.8) is 0 Å². The zero-order chi connectivity index (χ0) is 19.3. The van der Waals surface area contributed by atoms with Crippen molar-refractivity contribution in [1.29, 1.82) is 0 Å². The summed E-state index contributed by atoms with van der Waals surface area (Å²) in [5.41, 5.74) is 8.25. The van der Waals surface area contributed by atoms with Crippen LogP contribution in [0, 0.1) is 12.3 Å². The first-order chi connectivity index (χ1) is 12.2. The standard InChI is InChI=1S/C21H27N3O2.ClH/c1-15-10-11-17(20(26)24(4)14-21(2,3)13-22)12-18(15)23-19(25)16-8-6-5-7-9-16;/h5-12H,13-14,22H2,1-4H3,(H,23,25);1H. The molecule has 0 aliphatic carbocycles. The van der Waals surface area contributed by atoms with E-state index in [9.17, 15) is 9.59 Å². The number of carbonyl (C=O) groups excluding carboxylic acids is 2. The number of benzene rings is 2. The van der Waals surface area contributed by atoms with Gasteiger partial charge in [0.15, 0.2) is 0 Å². The summed E-state index contributed by atoms with van der Waals surface area (Å²) in [5, 5.41) is 2.89. The number of anilines is 1. The molecule has 2 amide bonds. The quantitative estimate of drug-likeness (QED) is 0.790. The van der Waals surface area contributed by atoms with E-state index in [0.29, 0.717) is 29.9 Å². The molecular formula is C21H28ClN3O2. The molecule has 2 rings (SSSR count). The molecule has 27 heavy (non-hydrogen) atoms. The number of hydrogen-bond donors (Lipinski definition) is 2. The van der Waals surface area contributed by atoms with Crippen molar-refractivity contribution in [2.24, 2.45) is 11.1 Å². The van der Waals surface area contributed by atoms with Gasteiger partial charge < -0.3 is 16.0 Å². The van der Waals surface area contributed by atoms with E-state index < -0.39 is 0 Å². The highest BCUT2D eigenvalue weighted by Crippen LogP contribution is 2.21. The van der Waals surface area contributed by atoms with Gasteiger partial charge >= 0.3 is 0 Å². The van der Waals surface area contributed by atoms with Crippen molar-refractivity contribution < 1.29 is 9.59 Å². The van der Waals surface area contributed by atoms with E-state index in [1.165, 1.54) is 0 Å². The fourth-order valence-electron chi connectivity index (χ4n) is 2.67. The van der Waals surface area contributed by atoms with Gasteiger partial charge in [0, 0.05) is 30.4 Å². The Balaban J connectivity index is 0.00000364. The molecule has 3 N–H and O–H groups in total. The molecule has 0 unspecified atom stereocenters. The van der Waals surface area contributed by atoms with E-state index in [4.69, 9.17) is 5.73 Å². The zero-order valence-corrected chi connectivity index (χ0v) is 17.1. The molecule has 0 bridgehead atoms. The summed E-state index contributed by atoms with van der Waals surface area (Å²) in [5.74, 6) is -0.294.